The fraction of sp³-hybridized carbons (Fsp3) is 0.0588. The Morgan fingerprint density at radius 2 is 1.92 bits per heavy atom. The second kappa shape index (κ2) is 7.82. The third-order valence-corrected chi connectivity index (χ3v) is 4.25. The zero-order chi connectivity index (χ0) is 17.8. The molecule has 1 heterocycles. The Labute approximate surface area is 159 Å². The molecule has 0 fully saturated rings. The van der Waals surface area contributed by atoms with Crippen LogP contribution < -0.4 is 10.6 Å². The van der Waals surface area contributed by atoms with Gasteiger partial charge in [-0.2, -0.15) is 5.10 Å². The molecule has 0 bridgehead atoms. The summed E-state index contributed by atoms with van der Waals surface area (Å²) < 4.78 is 14.8. The molecule has 0 saturated carbocycles. The van der Waals surface area contributed by atoms with Gasteiger partial charge in [-0.1, -0.05) is 41.4 Å². The first kappa shape index (κ1) is 17.7. The predicted molar refractivity (Wildman–Crippen MR) is 104 cm³/mol. The van der Waals surface area contributed by atoms with Gasteiger partial charge in [0.2, 0.25) is 0 Å². The van der Waals surface area contributed by atoms with Gasteiger partial charge >= 0.3 is 0 Å². The third-order valence-electron chi connectivity index (χ3n) is 3.36. The Morgan fingerprint density at radius 1 is 1.12 bits per heavy atom. The molecule has 2 aromatic carbocycles. The van der Waals surface area contributed by atoms with E-state index in [-0.39, 0.29) is 5.82 Å². The number of thiocarbonyl (C=S) groups is 1. The van der Waals surface area contributed by atoms with Crippen molar-refractivity contribution in [3.8, 4) is 0 Å². The van der Waals surface area contributed by atoms with Crippen LogP contribution in [0.1, 0.15) is 5.56 Å². The van der Waals surface area contributed by atoms with Gasteiger partial charge in [0.1, 0.15) is 5.82 Å². The first-order chi connectivity index (χ1) is 12.0. The van der Waals surface area contributed by atoms with Crippen LogP contribution in [0.15, 0.2) is 54.9 Å². The number of nitrogens with zero attached hydrogens (tertiary/aromatic N) is 2. The first-order valence-corrected chi connectivity index (χ1v) is 8.46. The van der Waals surface area contributed by atoms with Gasteiger partial charge in [-0.25, -0.2) is 4.39 Å². The van der Waals surface area contributed by atoms with Gasteiger partial charge < -0.3 is 10.6 Å². The highest BCUT2D eigenvalue weighted by atomic mass is 35.5. The smallest absolute Gasteiger partial charge is 0.175 e. The molecule has 0 radical (unpaired) electrons. The van der Waals surface area contributed by atoms with E-state index in [4.69, 9.17) is 35.4 Å². The van der Waals surface area contributed by atoms with E-state index in [1.807, 2.05) is 18.2 Å². The molecule has 0 aliphatic heterocycles. The zero-order valence-electron chi connectivity index (χ0n) is 12.8. The summed E-state index contributed by atoms with van der Waals surface area (Å²) in [5, 5.41) is 11.6. The lowest BCUT2D eigenvalue weighted by Crippen LogP contribution is -2.18. The van der Waals surface area contributed by atoms with Crippen LogP contribution >= 0.6 is 35.4 Å². The third kappa shape index (κ3) is 4.69. The maximum Gasteiger partial charge on any atom is 0.175 e. The molecule has 0 unspecified atom stereocenters. The number of halogens is 3. The first-order valence-electron chi connectivity index (χ1n) is 7.30. The maximum atomic E-state index is 13.1. The molecule has 0 aliphatic carbocycles. The van der Waals surface area contributed by atoms with Crippen molar-refractivity contribution < 1.29 is 4.39 Å². The lowest BCUT2D eigenvalue weighted by Gasteiger charge is -2.10. The highest BCUT2D eigenvalue weighted by molar-refractivity contribution is 7.80. The van der Waals surface area contributed by atoms with Crippen molar-refractivity contribution in [2.75, 3.05) is 10.6 Å². The number of para-hydroxylation sites is 1. The van der Waals surface area contributed by atoms with Crippen LogP contribution in [0.5, 0.6) is 0 Å². The van der Waals surface area contributed by atoms with Crippen LogP contribution in [0.25, 0.3) is 0 Å². The molecule has 128 valence electrons. The Morgan fingerprint density at radius 3 is 2.68 bits per heavy atom. The summed E-state index contributed by atoms with van der Waals surface area (Å²) in [5.41, 5.74) is 2.20. The van der Waals surface area contributed by atoms with Crippen molar-refractivity contribution in [2.45, 2.75) is 6.54 Å². The molecule has 0 amide bonds. The molecule has 0 saturated heterocycles. The number of hydrogen-bond acceptors (Lipinski definition) is 2. The van der Waals surface area contributed by atoms with E-state index < -0.39 is 0 Å². The van der Waals surface area contributed by atoms with Crippen molar-refractivity contribution in [2.24, 2.45) is 0 Å². The molecule has 25 heavy (non-hydrogen) atoms. The molecule has 0 aliphatic rings. The van der Waals surface area contributed by atoms with E-state index >= 15 is 0 Å². The summed E-state index contributed by atoms with van der Waals surface area (Å²) in [4.78, 5) is 0. The van der Waals surface area contributed by atoms with Crippen LogP contribution in [-0.4, -0.2) is 14.9 Å². The van der Waals surface area contributed by atoms with Crippen LogP contribution in [0, 0.1) is 5.82 Å². The van der Waals surface area contributed by atoms with Crippen LogP contribution in [0.3, 0.4) is 0 Å². The van der Waals surface area contributed by atoms with Crippen LogP contribution in [0.2, 0.25) is 10.0 Å². The van der Waals surface area contributed by atoms with E-state index in [2.05, 4.69) is 15.7 Å². The minimum absolute atomic E-state index is 0.362. The van der Waals surface area contributed by atoms with Crippen LogP contribution in [-0.2, 0) is 6.54 Å². The Bertz CT molecular complexity index is 913. The SMILES string of the molecule is Fc1ccc(Cn2cc(NC(=S)Nc3ccccc3Cl)cn2)c(Cl)c1. The second-order valence-electron chi connectivity index (χ2n) is 5.22. The van der Waals surface area contributed by atoms with Crippen molar-refractivity contribution in [3.05, 3.63) is 76.3 Å². The molecule has 3 aromatic rings. The normalized spacial score (nSPS) is 10.5. The number of hydrogen-bond donors (Lipinski definition) is 2. The van der Waals surface area contributed by atoms with Gasteiger partial charge in [0.15, 0.2) is 5.11 Å². The summed E-state index contributed by atoms with van der Waals surface area (Å²) in [6.07, 6.45) is 3.41. The fourth-order valence-corrected chi connectivity index (χ4v) is 2.82. The van der Waals surface area contributed by atoms with Gasteiger partial charge in [-0.05, 0) is 42.0 Å². The Kier molecular flexibility index (Phi) is 5.53. The summed E-state index contributed by atoms with van der Waals surface area (Å²) >= 11 is 17.4. The largest absolute Gasteiger partial charge is 0.331 e. The molecular weight excluding hydrogens is 382 g/mol. The summed E-state index contributed by atoms with van der Waals surface area (Å²) in [7, 11) is 0. The molecule has 0 spiro atoms. The summed E-state index contributed by atoms with van der Waals surface area (Å²) in [6, 6.07) is 11.6. The monoisotopic (exact) mass is 394 g/mol. The average Bonchev–Trinajstić information content (AvgIpc) is 2.99. The highest BCUT2D eigenvalue weighted by Crippen LogP contribution is 2.21. The van der Waals surface area contributed by atoms with Crippen molar-refractivity contribution in [3.63, 3.8) is 0 Å². The van der Waals surface area contributed by atoms with E-state index in [9.17, 15) is 4.39 Å². The molecule has 2 N–H and O–H groups in total. The average molecular weight is 395 g/mol. The standard InChI is InChI=1S/C17H13Cl2FN4S/c18-14-3-1-2-4-16(14)23-17(25)22-13-8-21-24(10-13)9-11-5-6-12(20)7-15(11)19/h1-8,10H,9H2,(H2,22,23,25). The van der Waals surface area contributed by atoms with Gasteiger partial charge in [-0.15, -0.1) is 0 Å². The lowest BCUT2D eigenvalue weighted by molar-refractivity contribution is 0.624. The van der Waals surface area contributed by atoms with E-state index in [0.717, 1.165) is 5.56 Å². The van der Waals surface area contributed by atoms with E-state index in [1.54, 1.807) is 29.2 Å². The van der Waals surface area contributed by atoms with Crippen molar-refractivity contribution in [1.29, 1.82) is 0 Å². The molecule has 1 aromatic heterocycles. The van der Waals surface area contributed by atoms with Gasteiger partial charge in [0.25, 0.3) is 0 Å². The number of aromatic nitrogens is 2. The fourth-order valence-electron chi connectivity index (χ4n) is 2.19. The minimum Gasteiger partial charge on any atom is -0.331 e. The highest BCUT2D eigenvalue weighted by Gasteiger charge is 2.07. The van der Waals surface area contributed by atoms with Crippen molar-refractivity contribution >= 4 is 51.9 Å². The molecule has 0 atom stereocenters. The minimum atomic E-state index is -0.368. The quantitative estimate of drug-likeness (QED) is 0.597. The number of nitrogens with one attached hydrogen (secondary N) is 2. The predicted octanol–water partition coefficient (Wildman–Crippen LogP) is 5.19. The number of rotatable bonds is 4. The van der Waals surface area contributed by atoms with Crippen molar-refractivity contribution in [1.82, 2.24) is 9.78 Å². The van der Waals surface area contributed by atoms with Crippen LogP contribution in [0.4, 0.5) is 15.8 Å². The molecule has 4 nitrogen and oxygen atoms in total. The van der Waals surface area contributed by atoms with E-state index in [0.29, 0.717) is 33.1 Å². The lowest BCUT2D eigenvalue weighted by atomic mass is 10.2. The van der Waals surface area contributed by atoms with E-state index in [1.165, 1.54) is 12.1 Å². The number of benzene rings is 2. The Hall–Kier alpha value is -2.15. The van der Waals surface area contributed by atoms with Gasteiger partial charge in [0, 0.05) is 11.2 Å². The molecule has 8 heteroatoms. The van der Waals surface area contributed by atoms with Gasteiger partial charge in [0.05, 0.1) is 29.1 Å². The van der Waals surface area contributed by atoms with Gasteiger partial charge in [-0.3, -0.25) is 4.68 Å². The number of anilines is 2. The molecule has 3 rings (SSSR count). The summed E-state index contributed by atoms with van der Waals surface area (Å²) in [5.74, 6) is -0.368. The zero-order valence-corrected chi connectivity index (χ0v) is 15.2. The Balaban J connectivity index is 1.63. The summed E-state index contributed by atoms with van der Waals surface area (Å²) in [6.45, 7) is 0.422. The molecular formula is C17H13Cl2FN4S. The maximum absolute atomic E-state index is 13.1. The topological polar surface area (TPSA) is 41.9 Å². The second-order valence-corrected chi connectivity index (χ2v) is 6.44.